The van der Waals surface area contributed by atoms with Gasteiger partial charge in [-0.05, 0) is 0 Å². The van der Waals surface area contributed by atoms with E-state index in [1.807, 2.05) is 0 Å². The molecule has 0 N–H and O–H groups in total. The monoisotopic (exact) mass is 228 g/mol. The van der Waals surface area contributed by atoms with E-state index in [1.165, 1.54) is 7.11 Å². The molecular formula is C4H5IO3. The Balaban J connectivity index is 3.64. The van der Waals surface area contributed by atoms with Gasteiger partial charge in [0.25, 0.3) is 0 Å². The van der Waals surface area contributed by atoms with Gasteiger partial charge >= 0.3 is 5.97 Å². The molecule has 0 aromatic carbocycles. The van der Waals surface area contributed by atoms with Crippen molar-refractivity contribution in [2.24, 2.45) is 0 Å². The topological polar surface area (TPSA) is 43.4 Å². The molecule has 0 rings (SSSR count). The van der Waals surface area contributed by atoms with E-state index in [2.05, 4.69) is 4.74 Å². The Bertz CT molecular complexity index is 95.9. The molecule has 4 heteroatoms. The van der Waals surface area contributed by atoms with Crippen LogP contribution in [-0.2, 0) is 14.3 Å². The second-order valence-corrected chi connectivity index (χ2v) is 1.81. The van der Waals surface area contributed by atoms with Crippen molar-refractivity contribution in [2.75, 3.05) is 11.5 Å². The van der Waals surface area contributed by atoms with Crippen LogP contribution in [0.15, 0.2) is 0 Å². The Morgan fingerprint density at radius 1 is 1.62 bits per heavy atom. The lowest BCUT2D eigenvalue weighted by Crippen LogP contribution is -2.15. The smallest absolute Gasteiger partial charge is 0.375 e. The number of ketones is 1. The summed E-state index contributed by atoms with van der Waals surface area (Å²) in [6, 6.07) is 0. The van der Waals surface area contributed by atoms with Crippen molar-refractivity contribution in [1.82, 2.24) is 0 Å². The van der Waals surface area contributed by atoms with Crippen LogP contribution in [0.2, 0.25) is 0 Å². The first kappa shape index (κ1) is 7.87. The number of alkyl halides is 1. The van der Waals surface area contributed by atoms with Crippen molar-refractivity contribution in [3.63, 3.8) is 0 Å². The quantitative estimate of drug-likeness (QED) is 0.292. The Labute approximate surface area is 60.5 Å². The highest BCUT2D eigenvalue weighted by Gasteiger charge is 2.09. The van der Waals surface area contributed by atoms with Gasteiger partial charge in [-0.25, -0.2) is 4.79 Å². The maximum atomic E-state index is 10.3. The average molecular weight is 228 g/mol. The lowest BCUT2D eigenvalue weighted by Gasteiger charge is -1.89. The fourth-order valence-corrected chi connectivity index (χ4v) is 0.480. The largest absolute Gasteiger partial charge is 0.463 e. The zero-order valence-electron chi connectivity index (χ0n) is 4.31. The van der Waals surface area contributed by atoms with Gasteiger partial charge in [-0.2, -0.15) is 0 Å². The van der Waals surface area contributed by atoms with Crippen molar-refractivity contribution in [1.29, 1.82) is 0 Å². The van der Waals surface area contributed by atoms with Crippen LogP contribution in [-0.4, -0.2) is 23.3 Å². The first-order valence-corrected chi connectivity index (χ1v) is 3.42. The molecule has 0 saturated carbocycles. The molecule has 0 amide bonds. The fraction of sp³-hybridized carbons (Fsp3) is 0.500. The number of methoxy groups -OCH3 is 1. The summed E-state index contributed by atoms with van der Waals surface area (Å²) in [5, 5.41) is 0. The molecule has 0 spiro atoms. The van der Waals surface area contributed by atoms with Gasteiger partial charge < -0.3 is 4.74 Å². The molecule has 0 saturated heterocycles. The summed E-state index contributed by atoms with van der Waals surface area (Å²) in [5.74, 6) is -1.26. The predicted octanol–water partition coefficient (Wildman–Crippen LogP) is 0.163. The first-order chi connectivity index (χ1) is 3.72. The van der Waals surface area contributed by atoms with Crippen molar-refractivity contribution in [3.05, 3.63) is 0 Å². The number of esters is 1. The maximum Gasteiger partial charge on any atom is 0.375 e. The molecule has 0 radical (unpaired) electrons. The van der Waals surface area contributed by atoms with E-state index in [9.17, 15) is 9.59 Å². The Kier molecular flexibility index (Phi) is 3.76. The zero-order valence-corrected chi connectivity index (χ0v) is 6.47. The molecule has 0 aliphatic rings. The molecule has 0 aliphatic heterocycles. The van der Waals surface area contributed by atoms with Crippen LogP contribution < -0.4 is 0 Å². The minimum Gasteiger partial charge on any atom is -0.463 e. The number of carbonyl (C=O) groups is 2. The van der Waals surface area contributed by atoms with Gasteiger partial charge in [0.15, 0.2) is 0 Å². The number of hydrogen-bond donors (Lipinski definition) is 0. The third-order valence-electron chi connectivity index (χ3n) is 0.534. The summed E-state index contributed by atoms with van der Waals surface area (Å²) in [7, 11) is 1.19. The molecule has 0 aromatic rings. The van der Waals surface area contributed by atoms with E-state index in [4.69, 9.17) is 0 Å². The second kappa shape index (κ2) is 3.82. The molecular weight excluding hydrogens is 223 g/mol. The summed E-state index contributed by atoms with van der Waals surface area (Å²) >= 11 is 1.80. The van der Waals surface area contributed by atoms with Crippen LogP contribution in [0.4, 0.5) is 0 Å². The van der Waals surface area contributed by atoms with Gasteiger partial charge in [-0.15, -0.1) is 0 Å². The van der Waals surface area contributed by atoms with E-state index in [0.29, 0.717) is 0 Å². The number of carbonyl (C=O) groups excluding carboxylic acids is 2. The standard InChI is InChI=1S/C4H5IO3/c1-8-4(7)3(6)2-5/h2H2,1H3. The maximum absolute atomic E-state index is 10.3. The first-order valence-electron chi connectivity index (χ1n) is 1.89. The molecule has 8 heavy (non-hydrogen) atoms. The van der Waals surface area contributed by atoms with Crippen LogP contribution in [0.1, 0.15) is 0 Å². The van der Waals surface area contributed by atoms with Gasteiger partial charge in [0, 0.05) is 0 Å². The number of rotatable bonds is 2. The van der Waals surface area contributed by atoms with E-state index >= 15 is 0 Å². The van der Waals surface area contributed by atoms with Crippen LogP contribution >= 0.6 is 22.6 Å². The number of halogens is 1. The van der Waals surface area contributed by atoms with Crippen molar-refractivity contribution in [3.8, 4) is 0 Å². The van der Waals surface area contributed by atoms with E-state index < -0.39 is 11.8 Å². The Morgan fingerprint density at radius 3 is 2.25 bits per heavy atom. The van der Waals surface area contributed by atoms with Crippen molar-refractivity contribution >= 4 is 34.3 Å². The second-order valence-electron chi connectivity index (χ2n) is 1.05. The van der Waals surface area contributed by atoms with Crippen LogP contribution in [0.3, 0.4) is 0 Å². The lowest BCUT2D eigenvalue weighted by molar-refractivity contribution is -0.150. The van der Waals surface area contributed by atoms with Crippen LogP contribution in [0.25, 0.3) is 0 Å². The SMILES string of the molecule is COC(=O)C(=O)CI. The summed E-state index contributed by atoms with van der Waals surface area (Å²) in [6.07, 6.45) is 0. The minimum atomic E-state index is -0.764. The van der Waals surface area contributed by atoms with Crippen LogP contribution in [0.5, 0.6) is 0 Å². The molecule has 0 bridgehead atoms. The van der Waals surface area contributed by atoms with Crippen LogP contribution in [0, 0.1) is 0 Å². The minimum absolute atomic E-state index is 0.185. The van der Waals surface area contributed by atoms with Gasteiger partial charge in [-0.1, -0.05) is 22.6 Å². The summed E-state index contributed by atoms with van der Waals surface area (Å²) in [5.41, 5.74) is 0. The predicted molar refractivity (Wildman–Crippen MR) is 35.9 cm³/mol. The molecule has 0 unspecified atom stereocenters. The highest BCUT2D eigenvalue weighted by Crippen LogP contribution is 1.84. The summed E-state index contributed by atoms with van der Waals surface area (Å²) in [4.78, 5) is 20.4. The average Bonchev–Trinajstić information content (AvgIpc) is 1.84. The summed E-state index contributed by atoms with van der Waals surface area (Å²) in [6.45, 7) is 0. The van der Waals surface area contributed by atoms with Crippen molar-refractivity contribution in [2.45, 2.75) is 0 Å². The highest BCUT2D eigenvalue weighted by atomic mass is 127. The number of Topliss-reactive ketones (excluding diaryl/α,β-unsaturated/α-hetero) is 1. The third-order valence-corrected chi connectivity index (χ3v) is 1.23. The molecule has 0 fully saturated rings. The van der Waals surface area contributed by atoms with Gasteiger partial charge in [0.05, 0.1) is 11.5 Å². The highest BCUT2D eigenvalue weighted by molar-refractivity contribution is 14.1. The third kappa shape index (κ3) is 2.25. The van der Waals surface area contributed by atoms with E-state index in [0.717, 1.165) is 0 Å². The lowest BCUT2D eigenvalue weighted by atomic mass is 10.5. The van der Waals surface area contributed by atoms with Crippen molar-refractivity contribution < 1.29 is 14.3 Å². The zero-order chi connectivity index (χ0) is 6.57. The molecule has 0 heterocycles. The van der Waals surface area contributed by atoms with Gasteiger partial charge in [0.2, 0.25) is 5.78 Å². The number of hydrogen-bond acceptors (Lipinski definition) is 3. The van der Waals surface area contributed by atoms with E-state index in [-0.39, 0.29) is 4.43 Å². The molecule has 0 aliphatic carbocycles. The molecule has 3 nitrogen and oxygen atoms in total. The summed E-state index contributed by atoms with van der Waals surface area (Å²) < 4.78 is 4.29. The molecule has 46 valence electrons. The van der Waals surface area contributed by atoms with Gasteiger partial charge in [0.1, 0.15) is 0 Å². The normalized spacial score (nSPS) is 8.25. The Hall–Kier alpha value is -0.130. The number of ether oxygens (including phenoxy) is 1. The fourth-order valence-electron chi connectivity index (χ4n) is 0.168. The molecule has 0 aromatic heterocycles. The Morgan fingerprint density at radius 2 is 2.12 bits per heavy atom. The van der Waals surface area contributed by atoms with E-state index in [1.54, 1.807) is 22.6 Å². The molecule has 0 atom stereocenters. The van der Waals surface area contributed by atoms with Gasteiger partial charge in [-0.3, -0.25) is 4.79 Å².